The Labute approximate surface area is 226 Å². The molecule has 3 aliphatic rings. The maximum absolute atomic E-state index is 13.9. The second kappa shape index (κ2) is 10.0. The van der Waals surface area contributed by atoms with Crippen LogP contribution in [0.25, 0.3) is 0 Å². The van der Waals surface area contributed by atoms with Gasteiger partial charge in [0.15, 0.2) is 0 Å². The highest BCUT2D eigenvalue weighted by Gasteiger charge is 2.57. The first-order valence-electron chi connectivity index (χ1n) is 12.3. The predicted molar refractivity (Wildman–Crippen MR) is 143 cm³/mol. The molecule has 3 aromatic rings. The molecular weight excluding hydrogens is 526 g/mol. The highest BCUT2D eigenvalue weighted by molar-refractivity contribution is 8.00. The van der Waals surface area contributed by atoms with Crippen LogP contribution >= 0.6 is 23.1 Å². The van der Waals surface area contributed by atoms with E-state index in [4.69, 9.17) is 9.47 Å². The maximum Gasteiger partial charge on any atom is 0.308 e. The number of morpholine rings is 1. The van der Waals surface area contributed by atoms with Crippen molar-refractivity contribution in [1.29, 1.82) is 0 Å². The Balaban J connectivity index is 1.46. The number of aromatic nitrogens is 1. The fourth-order valence-electron chi connectivity index (χ4n) is 5.39. The van der Waals surface area contributed by atoms with Crippen LogP contribution in [0.5, 0.6) is 5.75 Å². The minimum Gasteiger partial charge on any atom is -0.496 e. The van der Waals surface area contributed by atoms with Crippen molar-refractivity contribution in [1.82, 2.24) is 9.47 Å². The number of rotatable bonds is 5. The number of carbonyl (C=O) groups is 3. The number of ether oxygens (including phenoxy) is 2. The van der Waals surface area contributed by atoms with E-state index in [1.54, 1.807) is 36.3 Å². The fourth-order valence-corrected chi connectivity index (χ4v) is 8.16. The number of benzene rings is 2. The molecule has 0 radical (unpaired) electrons. The number of fused-ring (bicyclic) bond motifs is 2. The van der Waals surface area contributed by atoms with Crippen molar-refractivity contribution in [3.8, 4) is 5.75 Å². The van der Waals surface area contributed by atoms with Gasteiger partial charge < -0.3 is 14.4 Å². The van der Waals surface area contributed by atoms with Crippen molar-refractivity contribution in [2.45, 2.75) is 22.7 Å². The number of nitrogens with zero attached hydrogens (tertiary/aromatic N) is 3. The molecule has 2 aromatic carbocycles. The van der Waals surface area contributed by atoms with Crippen molar-refractivity contribution in [2.24, 2.45) is 5.92 Å². The van der Waals surface area contributed by atoms with Crippen LogP contribution in [0, 0.1) is 5.92 Å². The molecule has 3 aliphatic heterocycles. The third-order valence-electron chi connectivity index (χ3n) is 7.19. The molecule has 1 aromatic heterocycles. The van der Waals surface area contributed by atoms with Gasteiger partial charge in [0.1, 0.15) is 17.5 Å². The highest BCUT2D eigenvalue weighted by atomic mass is 32.2. The molecule has 0 aliphatic carbocycles. The summed E-state index contributed by atoms with van der Waals surface area (Å²) >= 11 is 2.24. The molecule has 11 heteroatoms. The number of methoxy groups -OCH3 is 1. The van der Waals surface area contributed by atoms with Gasteiger partial charge in [-0.1, -0.05) is 59.5 Å². The normalized spacial score (nSPS) is 22.8. The van der Waals surface area contributed by atoms with Gasteiger partial charge >= 0.3 is 4.87 Å². The first kappa shape index (κ1) is 24.9. The summed E-state index contributed by atoms with van der Waals surface area (Å²) < 4.78 is 12.5. The molecule has 9 nitrogen and oxygen atoms in total. The summed E-state index contributed by atoms with van der Waals surface area (Å²) in [6.07, 6.45) is 0. The molecule has 196 valence electrons. The molecule has 4 heterocycles. The Morgan fingerprint density at radius 2 is 1.71 bits per heavy atom. The monoisotopic (exact) mass is 551 g/mol. The summed E-state index contributed by atoms with van der Waals surface area (Å²) in [5, 5.41) is -0.182. The Morgan fingerprint density at radius 1 is 1.00 bits per heavy atom. The van der Waals surface area contributed by atoms with Gasteiger partial charge in [0.05, 0.1) is 37.0 Å². The lowest BCUT2D eigenvalue weighted by Gasteiger charge is -2.32. The van der Waals surface area contributed by atoms with Crippen LogP contribution in [0.4, 0.5) is 5.69 Å². The number of amides is 3. The number of hydrogen-bond acceptors (Lipinski definition) is 8. The molecule has 0 spiro atoms. The molecule has 2 saturated heterocycles. The van der Waals surface area contributed by atoms with Gasteiger partial charge in [0.25, 0.3) is 0 Å². The molecule has 3 atom stereocenters. The highest BCUT2D eigenvalue weighted by Crippen LogP contribution is 2.55. The number of hydrogen-bond donors (Lipinski definition) is 0. The number of thiazole rings is 1. The van der Waals surface area contributed by atoms with Crippen LogP contribution < -0.4 is 14.5 Å². The third-order valence-corrected chi connectivity index (χ3v) is 9.80. The first-order chi connectivity index (χ1) is 18.5. The Hall–Kier alpha value is -3.41. The smallest absolute Gasteiger partial charge is 0.308 e. The van der Waals surface area contributed by atoms with E-state index in [-0.39, 0.29) is 29.1 Å². The lowest BCUT2D eigenvalue weighted by molar-refractivity contribution is -0.136. The van der Waals surface area contributed by atoms with Crippen LogP contribution in [0.2, 0.25) is 0 Å². The van der Waals surface area contributed by atoms with E-state index in [0.29, 0.717) is 47.6 Å². The second-order valence-corrected chi connectivity index (χ2v) is 11.4. The number of thioether (sulfide) groups is 1. The molecular formula is C27H25N3O6S2. The van der Waals surface area contributed by atoms with Gasteiger partial charge in [-0.2, -0.15) is 0 Å². The Morgan fingerprint density at radius 3 is 2.45 bits per heavy atom. The van der Waals surface area contributed by atoms with Gasteiger partial charge in [-0.3, -0.25) is 23.7 Å². The summed E-state index contributed by atoms with van der Waals surface area (Å²) in [6.45, 7) is 1.74. The van der Waals surface area contributed by atoms with E-state index in [2.05, 4.69) is 0 Å². The van der Waals surface area contributed by atoms with Crippen LogP contribution in [0.15, 0.2) is 64.4 Å². The van der Waals surface area contributed by atoms with Gasteiger partial charge in [0, 0.05) is 29.4 Å². The van der Waals surface area contributed by atoms with Crippen LogP contribution in [-0.4, -0.2) is 65.9 Å². The van der Waals surface area contributed by atoms with Crippen molar-refractivity contribution in [3.05, 3.63) is 74.7 Å². The zero-order valence-electron chi connectivity index (χ0n) is 20.6. The van der Waals surface area contributed by atoms with Crippen molar-refractivity contribution in [2.75, 3.05) is 38.3 Å². The topological polar surface area (TPSA) is 98.2 Å². The van der Waals surface area contributed by atoms with Gasteiger partial charge in [-0.15, -0.1) is 0 Å². The molecule has 0 N–H and O–H groups in total. The quantitative estimate of drug-likeness (QED) is 0.450. The molecule has 6 rings (SSSR count). The van der Waals surface area contributed by atoms with Crippen LogP contribution in [0.1, 0.15) is 16.4 Å². The van der Waals surface area contributed by atoms with Crippen LogP contribution in [-0.2, 0) is 25.7 Å². The summed E-state index contributed by atoms with van der Waals surface area (Å²) in [4.78, 5) is 57.4. The molecule has 38 heavy (non-hydrogen) atoms. The van der Waals surface area contributed by atoms with E-state index in [0.717, 1.165) is 16.9 Å². The first-order valence-corrected chi connectivity index (χ1v) is 14.0. The van der Waals surface area contributed by atoms with E-state index >= 15 is 0 Å². The molecule has 2 fully saturated rings. The maximum atomic E-state index is 13.9. The second-order valence-electron chi connectivity index (χ2n) is 9.25. The van der Waals surface area contributed by atoms with Crippen molar-refractivity contribution >= 4 is 46.5 Å². The number of para-hydroxylation sites is 2. The minimum atomic E-state index is -0.746. The van der Waals surface area contributed by atoms with Crippen LogP contribution in [0.3, 0.4) is 0 Å². The van der Waals surface area contributed by atoms with Crippen molar-refractivity contribution < 1.29 is 23.9 Å². The van der Waals surface area contributed by atoms with Gasteiger partial charge in [0.2, 0.25) is 17.7 Å². The van der Waals surface area contributed by atoms with E-state index in [1.807, 2.05) is 30.3 Å². The molecule has 3 unspecified atom stereocenters. The lowest BCUT2D eigenvalue weighted by Crippen LogP contribution is -2.43. The standard InChI is InChI=1S/C27H25N3O6S2/c1-35-18-10-6-5-9-17(18)20-21-22(25(33)30(24(21)32)16-7-3-2-4-8-16)37-26-23(20)38-27(34)29(26)15-19(31)28-11-13-36-14-12-28/h2-10,20-22H,11-15H2,1H3. The average molecular weight is 552 g/mol. The Kier molecular flexibility index (Phi) is 6.58. The zero-order valence-corrected chi connectivity index (χ0v) is 22.2. The largest absolute Gasteiger partial charge is 0.496 e. The molecule has 0 bridgehead atoms. The Bertz CT molecular complexity index is 1460. The van der Waals surface area contributed by atoms with Gasteiger partial charge in [-0.25, -0.2) is 4.90 Å². The summed E-state index contributed by atoms with van der Waals surface area (Å²) in [5.74, 6) is -1.53. The number of carbonyl (C=O) groups excluding carboxylic acids is 3. The van der Waals surface area contributed by atoms with Gasteiger partial charge in [-0.05, 0) is 18.2 Å². The molecule has 3 amide bonds. The number of anilines is 1. The zero-order chi connectivity index (χ0) is 26.4. The lowest BCUT2D eigenvalue weighted by atomic mass is 9.82. The van der Waals surface area contributed by atoms with E-state index in [1.165, 1.54) is 21.2 Å². The summed E-state index contributed by atoms with van der Waals surface area (Å²) in [6, 6.07) is 16.3. The number of imide groups is 1. The third kappa shape index (κ3) is 4.05. The fraction of sp³-hybridized carbons (Fsp3) is 0.333. The van der Waals surface area contributed by atoms with E-state index in [9.17, 15) is 19.2 Å². The SMILES string of the molecule is COc1ccccc1C1c2sc(=O)n(CC(=O)N3CCOCC3)c2SC2C(=O)N(c3ccccc3)C(=O)C21. The van der Waals surface area contributed by atoms with Crippen molar-refractivity contribution in [3.63, 3.8) is 0 Å². The minimum absolute atomic E-state index is 0.127. The summed E-state index contributed by atoms with van der Waals surface area (Å²) in [5.41, 5.74) is 1.25. The predicted octanol–water partition coefficient (Wildman–Crippen LogP) is 2.57. The molecule has 0 saturated carbocycles. The summed E-state index contributed by atoms with van der Waals surface area (Å²) in [7, 11) is 1.56. The van der Waals surface area contributed by atoms with E-state index < -0.39 is 17.1 Å². The average Bonchev–Trinajstić information content (AvgIpc) is 3.40.